The van der Waals surface area contributed by atoms with Crippen LogP contribution in [0.2, 0.25) is 0 Å². The summed E-state index contributed by atoms with van der Waals surface area (Å²) >= 11 is 9.00. The molecule has 2 aromatic heterocycles. The third-order valence-corrected chi connectivity index (χ3v) is 6.84. The van der Waals surface area contributed by atoms with E-state index in [-0.39, 0.29) is 6.04 Å². The minimum absolute atomic E-state index is 0.136. The van der Waals surface area contributed by atoms with Gasteiger partial charge in [-0.2, -0.15) is 4.98 Å². The second kappa shape index (κ2) is 8.69. The Morgan fingerprint density at radius 1 is 1.28 bits per heavy atom. The maximum Gasteiger partial charge on any atom is 0.258 e. The lowest BCUT2D eigenvalue weighted by Gasteiger charge is -2.37. The van der Waals surface area contributed by atoms with Crippen LogP contribution in [0, 0.1) is 0 Å². The molecule has 0 aliphatic carbocycles. The Kier molecular flexibility index (Phi) is 6.03. The van der Waals surface area contributed by atoms with Crippen molar-refractivity contribution in [2.45, 2.75) is 31.2 Å². The minimum Gasteiger partial charge on any atom is -0.351 e. The fourth-order valence-corrected chi connectivity index (χ4v) is 4.84. The van der Waals surface area contributed by atoms with E-state index in [2.05, 4.69) is 59.7 Å². The lowest BCUT2D eigenvalue weighted by Crippen LogP contribution is -2.46. The molecule has 8 heteroatoms. The number of thioether (sulfide) groups is 1. The number of benzene rings is 1. The summed E-state index contributed by atoms with van der Waals surface area (Å²) in [6.07, 6.45) is 3.06. The first-order chi connectivity index (χ1) is 14.1. The summed E-state index contributed by atoms with van der Waals surface area (Å²) in [5.41, 5.74) is 3.14. The molecule has 0 bridgehead atoms. The Balaban J connectivity index is 1.80. The van der Waals surface area contributed by atoms with Gasteiger partial charge in [-0.3, -0.25) is 0 Å². The van der Waals surface area contributed by atoms with Crippen molar-refractivity contribution in [3.05, 3.63) is 58.9 Å². The number of nitrogens with one attached hydrogen (secondary N) is 1. The van der Waals surface area contributed by atoms with E-state index in [1.54, 1.807) is 23.1 Å². The molecule has 0 fully saturated rings. The number of allylic oxidation sites excluding steroid dienone is 1. The predicted octanol–water partition coefficient (Wildman–Crippen LogP) is 5.59. The average molecular weight is 443 g/mol. The van der Waals surface area contributed by atoms with Crippen molar-refractivity contribution in [3.8, 4) is 10.7 Å². The molecule has 4 rings (SSSR count). The molecule has 150 valence electrons. The molecule has 3 heterocycles. The van der Waals surface area contributed by atoms with E-state index in [1.807, 2.05) is 17.5 Å². The highest BCUT2D eigenvalue weighted by atomic mass is 32.2. The summed E-state index contributed by atoms with van der Waals surface area (Å²) in [6, 6.07) is 12.4. The Morgan fingerprint density at radius 3 is 2.72 bits per heavy atom. The molecule has 1 N–H and O–H groups in total. The molecular formula is C21H22N4OS3. The van der Waals surface area contributed by atoms with Gasteiger partial charge >= 0.3 is 0 Å². The van der Waals surface area contributed by atoms with Crippen molar-refractivity contribution in [2.24, 2.45) is 0 Å². The predicted molar refractivity (Wildman–Crippen MR) is 124 cm³/mol. The number of thiocarbonyl (C=S) groups is 1. The molecule has 3 aromatic rings. The van der Waals surface area contributed by atoms with Crippen molar-refractivity contribution in [3.63, 3.8) is 0 Å². The number of nitrogens with zero attached hydrogens (tertiary/aromatic N) is 3. The van der Waals surface area contributed by atoms with E-state index in [0.29, 0.717) is 11.7 Å². The number of hydrogen-bond acceptors (Lipinski definition) is 6. The van der Waals surface area contributed by atoms with Crippen molar-refractivity contribution < 1.29 is 4.52 Å². The monoisotopic (exact) mass is 442 g/mol. The molecule has 1 aliphatic heterocycles. The summed E-state index contributed by atoms with van der Waals surface area (Å²) < 4.78 is 5.73. The molecule has 5 nitrogen and oxygen atoms in total. The van der Waals surface area contributed by atoms with Gasteiger partial charge in [0, 0.05) is 17.1 Å². The second-order valence-corrected chi connectivity index (χ2v) is 8.92. The van der Waals surface area contributed by atoms with Gasteiger partial charge in [0.05, 0.1) is 16.5 Å². The van der Waals surface area contributed by atoms with Crippen LogP contribution in [0.4, 0.5) is 0 Å². The fourth-order valence-electron chi connectivity index (χ4n) is 3.44. The topological polar surface area (TPSA) is 54.2 Å². The zero-order valence-corrected chi connectivity index (χ0v) is 19.0. The Morgan fingerprint density at radius 2 is 2.07 bits per heavy atom. The van der Waals surface area contributed by atoms with Crippen molar-refractivity contribution in [1.29, 1.82) is 0 Å². The van der Waals surface area contributed by atoms with Crippen molar-refractivity contribution in [2.75, 3.05) is 12.8 Å². The summed E-state index contributed by atoms with van der Waals surface area (Å²) in [5.74, 6) is 1.14. The minimum atomic E-state index is -0.136. The smallest absolute Gasteiger partial charge is 0.258 e. The average Bonchev–Trinajstić information content (AvgIpc) is 3.42. The van der Waals surface area contributed by atoms with Crippen LogP contribution in [-0.2, 0) is 0 Å². The van der Waals surface area contributed by atoms with Gasteiger partial charge in [-0.15, -0.1) is 23.1 Å². The molecule has 0 saturated heterocycles. The van der Waals surface area contributed by atoms with Gasteiger partial charge in [0.1, 0.15) is 0 Å². The van der Waals surface area contributed by atoms with Crippen molar-refractivity contribution >= 4 is 46.0 Å². The van der Waals surface area contributed by atoms with Crippen LogP contribution in [0.5, 0.6) is 0 Å². The van der Waals surface area contributed by atoms with Gasteiger partial charge in [0.2, 0.25) is 5.82 Å². The first-order valence-electron chi connectivity index (χ1n) is 9.43. The molecular weight excluding hydrogens is 420 g/mol. The molecule has 0 spiro atoms. The van der Waals surface area contributed by atoms with E-state index in [1.165, 1.54) is 4.90 Å². The maximum atomic E-state index is 5.73. The fraction of sp³-hybridized carbons (Fsp3) is 0.286. The molecule has 0 amide bonds. The summed E-state index contributed by atoms with van der Waals surface area (Å²) in [7, 11) is 0. The summed E-state index contributed by atoms with van der Waals surface area (Å²) in [6.45, 7) is 5.06. The van der Waals surface area contributed by atoms with Crippen LogP contribution >= 0.6 is 35.3 Å². The van der Waals surface area contributed by atoms with Gasteiger partial charge in [0.15, 0.2) is 5.11 Å². The van der Waals surface area contributed by atoms with E-state index >= 15 is 0 Å². The first kappa shape index (κ1) is 20.1. The highest BCUT2D eigenvalue weighted by Crippen LogP contribution is 2.38. The zero-order valence-electron chi connectivity index (χ0n) is 16.5. The van der Waals surface area contributed by atoms with Gasteiger partial charge in [-0.25, -0.2) is 0 Å². The molecule has 29 heavy (non-hydrogen) atoms. The van der Waals surface area contributed by atoms with Gasteiger partial charge < -0.3 is 14.7 Å². The highest BCUT2D eigenvalue weighted by Gasteiger charge is 2.33. The van der Waals surface area contributed by atoms with Crippen LogP contribution in [-0.4, -0.2) is 33.0 Å². The van der Waals surface area contributed by atoms with E-state index in [9.17, 15) is 0 Å². The number of hydrogen-bond donors (Lipinski definition) is 1. The number of thiophene rings is 1. The Bertz CT molecular complexity index is 1020. The van der Waals surface area contributed by atoms with Crippen LogP contribution < -0.4 is 5.32 Å². The number of aromatic nitrogens is 2. The molecule has 1 aliphatic rings. The van der Waals surface area contributed by atoms with Crippen LogP contribution in [0.3, 0.4) is 0 Å². The van der Waals surface area contributed by atoms with Gasteiger partial charge in [-0.05, 0) is 61.0 Å². The third-order valence-electron chi connectivity index (χ3n) is 4.89. The van der Waals surface area contributed by atoms with Crippen LogP contribution in [0.15, 0.2) is 56.9 Å². The quantitative estimate of drug-likeness (QED) is 0.394. The molecule has 1 atom stereocenters. The maximum absolute atomic E-state index is 5.73. The molecule has 0 radical (unpaired) electrons. The lowest BCUT2D eigenvalue weighted by molar-refractivity contribution is 0.396. The van der Waals surface area contributed by atoms with E-state index in [0.717, 1.165) is 39.8 Å². The van der Waals surface area contributed by atoms with E-state index < -0.39 is 0 Å². The lowest BCUT2D eigenvalue weighted by atomic mass is 9.95. The first-order valence-corrected chi connectivity index (χ1v) is 11.9. The third kappa shape index (κ3) is 3.97. The number of rotatable bonds is 6. The molecule has 1 aromatic carbocycles. The largest absolute Gasteiger partial charge is 0.351 e. The van der Waals surface area contributed by atoms with Gasteiger partial charge in [-0.1, -0.05) is 30.3 Å². The summed E-state index contributed by atoms with van der Waals surface area (Å²) in [4.78, 5) is 9.05. The normalized spacial score (nSPS) is 17.0. The van der Waals surface area contributed by atoms with Crippen LogP contribution in [0.25, 0.3) is 16.3 Å². The van der Waals surface area contributed by atoms with Crippen molar-refractivity contribution in [1.82, 2.24) is 20.4 Å². The Hall–Kier alpha value is -2.16. The van der Waals surface area contributed by atoms with Gasteiger partial charge in [0.25, 0.3) is 5.89 Å². The molecule has 1 unspecified atom stereocenters. The molecule has 0 saturated carbocycles. The zero-order chi connectivity index (χ0) is 20.4. The second-order valence-electron chi connectivity index (χ2n) is 6.71. The highest BCUT2D eigenvalue weighted by molar-refractivity contribution is 7.98. The standard InChI is InChI=1S/C21H22N4OS3/c1-4-11-25-13(2)17(20-23-19(24-26-20)16-6-5-12-29-16)18(22-21(25)27)14-7-9-15(28-3)10-8-14/h5-10,12,18H,4,11H2,1-3H3,(H,22,27). The summed E-state index contributed by atoms with van der Waals surface area (Å²) in [5, 5.41) is 10.5. The Labute approximate surface area is 184 Å². The van der Waals surface area contributed by atoms with E-state index in [4.69, 9.17) is 21.7 Å². The SMILES string of the molecule is CCCN1C(=S)NC(c2ccc(SC)cc2)C(c2nc(-c3cccs3)no2)=C1C. The van der Waals surface area contributed by atoms with Crippen LogP contribution in [0.1, 0.15) is 37.8 Å².